The highest BCUT2D eigenvalue weighted by molar-refractivity contribution is 4.70. The molecule has 0 amide bonds. The van der Waals surface area contributed by atoms with Crippen LogP contribution in [0, 0.1) is 0 Å². The molecule has 0 spiro atoms. The Bertz CT molecular complexity index is 341. The zero-order valence-corrected chi connectivity index (χ0v) is 21.6. The van der Waals surface area contributed by atoms with Gasteiger partial charge in [0.05, 0.1) is 12.2 Å². The van der Waals surface area contributed by atoms with E-state index in [4.69, 9.17) is 5.73 Å². The molecule has 6 heteroatoms. The highest BCUT2D eigenvalue weighted by Crippen LogP contribution is 2.10. The number of nitrogens with zero attached hydrogens (tertiary/aromatic N) is 1. The largest absolute Gasteiger partial charge is 0.392 e. The lowest BCUT2D eigenvalue weighted by atomic mass is 10.1. The van der Waals surface area contributed by atoms with Gasteiger partial charge in [-0.3, -0.25) is 4.90 Å². The Morgan fingerprint density at radius 1 is 0.625 bits per heavy atom. The molecule has 0 aliphatic carbocycles. The van der Waals surface area contributed by atoms with Crippen LogP contribution in [0.3, 0.4) is 0 Å². The van der Waals surface area contributed by atoms with Gasteiger partial charge in [-0.15, -0.1) is 0 Å². The van der Waals surface area contributed by atoms with Gasteiger partial charge in [0.2, 0.25) is 0 Å². The summed E-state index contributed by atoms with van der Waals surface area (Å²) in [6.45, 7) is 11.6. The first-order chi connectivity index (χ1) is 15.6. The Labute approximate surface area is 200 Å². The first-order valence-corrected chi connectivity index (χ1v) is 13.8. The Morgan fingerprint density at radius 2 is 1.09 bits per heavy atom. The third kappa shape index (κ3) is 22.9. The number of aliphatic hydroxyl groups excluding tert-OH is 2. The first-order valence-electron chi connectivity index (χ1n) is 13.8. The fourth-order valence-electron chi connectivity index (χ4n) is 4.05. The van der Waals surface area contributed by atoms with Crippen LogP contribution in [-0.4, -0.2) is 79.7 Å². The molecule has 0 radical (unpaired) electrons. The SMILES string of the molecule is CCCCCCC(O)CN(CCCNCCCCNCCCN)CC(O)CCCCCC. The van der Waals surface area contributed by atoms with Crippen LogP contribution in [0.15, 0.2) is 0 Å². The van der Waals surface area contributed by atoms with Crippen molar-refractivity contribution in [3.05, 3.63) is 0 Å². The molecule has 0 aromatic carbocycles. The first kappa shape index (κ1) is 31.8. The van der Waals surface area contributed by atoms with Crippen LogP contribution < -0.4 is 16.4 Å². The molecule has 2 unspecified atom stereocenters. The van der Waals surface area contributed by atoms with Crippen LogP contribution in [0.1, 0.15) is 104 Å². The molecule has 6 nitrogen and oxygen atoms in total. The highest BCUT2D eigenvalue weighted by Gasteiger charge is 2.15. The Kier molecular flexibility index (Phi) is 25.2. The Morgan fingerprint density at radius 3 is 1.56 bits per heavy atom. The number of hydrogen-bond acceptors (Lipinski definition) is 6. The Balaban J connectivity index is 4.07. The van der Waals surface area contributed by atoms with Gasteiger partial charge in [-0.2, -0.15) is 0 Å². The summed E-state index contributed by atoms with van der Waals surface area (Å²) in [5.74, 6) is 0. The van der Waals surface area contributed by atoms with E-state index in [1.54, 1.807) is 0 Å². The quantitative estimate of drug-likeness (QED) is 0.127. The van der Waals surface area contributed by atoms with Crippen molar-refractivity contribution < 1.29 is 10.2 Å². The summed E-state index contributed by atoms with van der Waals surface area (Å²) < 4.78 is 0. The molecule has 0 saturated heterocycles. The van der Waals surface area contributed by atoms with Crippen molar-refractivity contribution in [3.8, 4) is 0 Å². The van der Waals surface area contributed by atoms with E-state index in [-0.39, 0.29) is 12.2 Å². The van der Waals surface area contributed by atoms with Gasteiger partial charge in [0, 0.05) is 13.1 Å². The maximum atomic E-state index is 10.5. The lowest BCUT2D eigenvalue weighted by Crippen LogP contribution is -2.39. The van der Waals surface area contributed by atoms with Gasteiger partial charge in [0.1, 0.15) is 0 Å². The molecular weight excluding hydrogens is 400 g/mol. The van der Waals surface area contributed by atoms with Gasteiger partial charge >= 0.3 is 0 Å². The molecule has 0 rings (SSSR count). The van der Waals surface area contributed by atoms with Crippen molar-refractivity contribution in [1.29, 1.82) is 0 Å². The van der Waals surface area contributed by atoms with Gasteiger partial charge < -0.3 is 26.6 Å². The molecular formula is C26H58N4O2. The second-order valence-electron chi connectivity index (χ2n) is 9.47. The van der Waals surface area contributed by atoms with Crippen LogP contribution >= 0.6 is 0 Å². The molecule has 2 atom stereocenters. The van der Waals surface area contributed by atoms with Gasteiger partial charge in [0.25, 0.3) is 0 Å². The summed E-state index contributed by atoms with van der Waals surface area (Å²) in [5, 5.41) is 28.0. The summed E-state index contributed by atoms with van der Waals surface area (Å²) in [7, 11) is 0. The molecule has 0 aliphatic rings. The molecule has 0 heterocycles. The number of nitrogens with one attached hydrogen (secondary N) is 2. The van der Waals surface area contributed by atoms with Crippen molar-refractivity contribution in [2.24, 2.45) is 5.73 Å². The maximum absolute atomic E-state index is 10.5. The zero-order chi connectivity index (χ0) is 23.7. The highest BCUT2D eigenvalue weighted by atomic mass is 16.3. The minimum absolute atomic E-state index is 0.279. The van der Waals surface area contributed by atoms with Crippen molar-refractivity contribution >= 4 is 0 Å². The van der Waals surface area contributed by atoms with Gasteiger partial charge in [-0.05, 0) is 77.8 Å². The van der Waals surface area contributed by atoms with Crippen LogP contribution in [0.2, 0.25) is 0 Å². The van der Waals surface area contributed by atoms with Gasteiger partial charge in [-0.25, -0.2) is 0 Å². The zero-order valence-electron chi connectivity index (χ0n) is 21.6. The van der Waals surface area contributed by atoms with Crippen LogP contribution in [0.5, 0.6) is 0 Å². The number of hydrogen-bond donors (Lipinski definition) is 5. The third-order valence-electron chi connectivity index (χ3n) is 6.06. The fourth-order valence-corrected chi connectivity index (χ4v) is 4.05. The maximum Gasteiger partial charge on any atom is 0.0667 e. The molecule has 0 aromatic rings. The van der Waals surface area contributed by atoms with Crippen molar-refractivity contribution in [2.75, 3.05) is 52.4 Å². The molecule has 0 aliphatic heterocycles. The fraction of sp³-hybridized carbons (Fsp3) is 1.00. The lowest BCUT2D eigenvalue weighted by molar-refractivity contribution is 0.0600. The van der Waals surface area contributed by atoms with Crippen molar-refractivity contribution in [2.45, 2.75) is 116 Å². The molecule has 194 valence electrons. The summed E-state index contributed by atoms with van der Waals surface area (Å²) in [5.41, 5.74) is 5.50. The second-order valence-corrected chi connectivity index (χ2v) is 9.47. The molecule has 0 aromatic heterocycles. The normalized spacial score (nSPS) is 13.7. The van der Waals surface area contributed by atoms with Gasteiger partial charge in [-0.1, -0.05) is 65.2 Å². The molecule has 6 N–H and O–H groups in total. The minimum Gasteiger partial charge on any atom is -0.392 e. The predicted octanol–water partition coefficient (Wildman–Crippen LogP) is 3.65. The number of unbranched alkanes of at least 4 members (excludes halogenated alkanes) is 7. The van der Waals surface area contributed by atoms with E-state index in [2.05, 4.69) is 29.4 Å². The summed E-state index contributed by atoms with van der Waals surface area (Å²) in [6.07, 6.45) is 15.3. The van der Waals surface area contributed by atoms with Crippen LogP contribution in [0.25, 0.3) is 0 Å². The van der Waals surface area contributed by atoms with Crippen molar-refractivity contribution in [3.63, 3.8) is 0 Å². The minimum atomic E-state index is -0.279. The van der Waals surface area contributed by atoms with E-state index in [1.807, 2.05) is 0 Å². The van der Waals surface area contributed by atoms with E-state index in [0.717, 1.165) is 77.8 Å². The van der Waals surface area contributed by atoms with E-state index in [0.29, 0.717) is 13.1 Å². The van der Waals surface area contributed by atoms with E-state index in [1.165, 1.54) is 51.4 Å². The number of rotatable bonds is 26. The second kappa shape index (κ2) is 25.4. The monoisotopic (exact) mass is 458 g/mol. The number of nitrogens with two attached hydrogens (primary N) is 1. The standard InChI is InChI=1S/C26H58N4O2/c1-3-5-7-9-15-25(31)23-30(24-26(32)16-10-8-6-4-2)22-14-21-29-19-12-11-18-28-20-13-17-27/h25-26,28-29,31-32H,3-24,27H2,1-2H3. The average Bonchev–Trinajstić information content (AvgIpc) is 2.78. The third-order valence-corrected chi connectivity index (χ3v) is 6.06. The molecule has 32 heavy (non-hydrogen) atoms. The van der Waals surface area contributed by atoms with Crippen LogP contribution in [0.4, 0.5) is 0 Å². The predicted molar refractivity (Wildman–Crippen MR) is 139 cm³/mol. The summed E-state index contributed by atoms with van der Waals surface area (Å²) in [4.78, 5) is 2.29. The molecule has 0 fully saturated rings. The van der Waals surface area contributed by atoms with Crippen LogP contribution in [-0.2, 0) is 0 Å². The number of aliphatic hydroxyl groups is 2. The smallest absolute Gasteiger partial charge is 0.0667 e. The van der Waals surface area contributed by atoms with E-state index >= 15 is 0 Å². The molecule has 0 bridgehead atoms. The summed E-state index contributed by atoms with van der Waals surface area (Å²) >= 11 is 0. The lowest BCUT2D eigenvalue weighted by Gasteiger charge is -2.27. The van der Waals surface area contributed by atoms with E-state index in [9.17, 15) is 10.2 Å². The average molecular weight is 459 g/mol. The summed E-state index contributed by atoms with van der Waals surface area (Å²) in [6, 6.07) is 0. The van der Waals surface area contributed by atoms with Crippen molar-refractivity contribution in [1.82, 2.24) is 15.5 Å². The Hall–Kier alpha value is -0.240. The topological polar surface area (TPSA) is 93.8 Å². The van der Waals surface area contributed by atoms with E-state index < -0.39 is 0 Å². The molecule has 0 saturated carbocycles. The van der Waals surface area contributed by atoms with Gasteiger partial charge in [0.15, 0.2) is 0 Å².